The van der Waals surface area contributed by atoms with Crippen LogP contribution in [0.1, 0.15) is 10.4 Å². The van der Waals surface area contributed by atoms with Gasteiger partial charge in [0, 0.05) is 11.3 Å². The predicted octanol–water partition coefficient (Wildman–Crippen LogP) is 1.75. The topological polar surface area (TPSA) is 72.2 Å². The molecular formula is C9H9BrN2O2. The van der Waals surface area contributed by atoms with Gasteiger partial charge in [0.15, 0.2) is 5.78 Å². The first kappa shape index (κ1) is 10.7. The van der Waals surface area contributed by atoms with E-state index in [4.69, 9.17) is 5.73 Å². The zero-order valence-corrected chi connectivity index (χ0v) is 8.87. The Balaban J connectivity index is 2.78. The van der Waals surface area contributed by atoms with Gasteiger partial charge in [0.25, 0.3) is 0 Å². The summed E-state index contributed by atoms with van der Waals surface area (Å²) in [5.41, 5.74) is 6.09. The van der Waals surface area contributed by atoms with Gasteiger partial charge in [-0.05, 0) is 24.3 Å². The molecule has 0 saturated carbocycles. The minimum atomic E-state index is -0.621. The van der Waals surface area contributed by atoms with Crippen molar-refractivity contribution < 1.29 is 9.59 Å². The molecule has 0 aromatic heterocycles. The van der Waals surface area contributed by atoms with Crippen LogP contribution >= 0.6 is 15.9 Å². The van der Waals surface area contributed by atoms with Crippen LogP contribution in [0.25, 0.3) is 0 Å². The number of nitrogens with one attached hydrogen (secondary N) is 1. The molecule has 0 atom stereocenters. The highest BCUT2D eigenvalue weighted by Gasteiger charge is 2.03. The molecule has 0 spiro atoms. The Morgan fingerprint density at radius 1 is 1.29 bits per heavy atom. The molecule has 0 fully saturated rings. The number of carbonyl (C=O) groups excluding carboxylic acids is 2. The average molecular weight is 257 g/mol. The molecule has 0 bridgehead atoms. The molecule has 0 heterocycles. The molecule has 0 unspecified atom stereocenters. The molecule has 14 heavy (non-hydrogen) atoms. The van der Waals surface area contributed by atoms with Gasteiger partial charge in [-0.2, -0.15) is 0 Å². The third kappa shape index (κ3) is 2.85. The predicted molar refractivity (Wildman–Crippen MR) is 57.8 cm³/mol. The van der Waals surface area contributed by atoms with Crippen molar-refractivity contribution in [3.63, 3.8) is 0 Å². The van der Waals surface area contributed by atoms with Crippen LogP contribution in [0.3, 0.4) is 0 Å². The van der Waals surface area contributed by atoms with Crippen molar-refractivity contribution in [1.29, 1.82) is 0 Å². The lowest BCUT2D eigenvalue weighted by molar-refractivity contribution is 0.102. The second-order valence-electron chi connectivity index (χ2n) is 2.62. The largest absolute Gasteiger partial charge is 0.351 e. The smallest absolute Gasteiger partial charge is 0.316 e. The summed E-state index contributed by atoms with van der Waals surface area (Å²) >= 11 is 3.07. The Labute approximate surface area is 89.6 Å². The lowest BCUT2D eigenvalue weighted by atomic mass is 10.1. The van der Waals surface area contributed by atoms with Crippen LogP contribution in [0.5, 0.6) is 0 Å². The normalized spacial score (nSPS) is 9.50. The van der Waals surface area contributed by atoms with Crippen LogP contribution in [0.2, 0.25) is 0 Å². The lowest BCUT2D eigenvalue weighted by Crippen LogP contribution is -2.19. The first-order valence-corrected chi connectivity index (χ1v) is 5.01. The van der Waals surface area contributed by atoms with Crippen molar-refractivity contribution in [2.45, 2.75) is 0 Å². The van der Waals surface area contributed by atoms with Crippen LogP contribution in [-0.4, -0.2) is 17.1 Å². The van der Waals surface area contributed by atoms with E-state index in [2.05, 4.69) is 21.2 Å². The van der Waals surface area contributed by atoms with E-state index in [9.17, 15) is 9.59 Å². The summed E-state index contributed by atoms with van der Waals surface area (Å²) in [6.07, 6.45) is 0. The van der Waals surface area contributed by atoms with E-state index in [1.54, 1.807) is 24.3 Å². The number of hydrogen-bond acceptors (Lipinski definition) is 2. The molecule has 0 aliphatic rings. The number of nitrogens with two attached hydrogens (primary N) is 1. The van der Waals surface area contributed by atoms with Crippen molar-refractivity contribution in [2.24, 2.45) is 5.73 Å². The molecule has 74 valence electrons. The summed E-state index contributed by atoms with van der Waals surface area (Å²) in [7, 11) is 0. The first-order chi connectivity index (χ1) is 6.63. The van der Waals surface area contributed by atoms with Gasteiger partial charge in [0.2, 0.25) is 0 Å². The Bertz CT molecular complexity index is 348. The fourth-order valence-electron chi connectivity index (χ4n) is 0.959. The molecule has 0 saturated heterocycles. The molecule has 1 aromatic carbocycles. The van der Waals surface area contributed by atoms with Gasteiger partial charge in [0.05, 0.1) is 5.33 Å². The zero-order chi connectivity index (χ0) is 10.6. The number of amides is 2. The summed E-state index contributed by atoms with van der Waals surface area (Å²) in [6, 6.07) is 5.90. The van der Waals surface area contributed by atoms with Crippen molar-refractivity contribution in [2.75, 3.05) is 10.6 Å². The second kappa shape index (κ2) is 4.76. The summed E-state index contributed by atoms with van der Waals surface area (Å²) in [5.74, 6) is -0.00405. The molecule has 1 aromatic rings. The number of hydrogen-bond donors (Lipinski definition) is 2. The van der Waals surface area contributed by atoms with Crippen LogP contribution in [0.4, 0.5) is 10.5 Å². The van der Waals surface area contributed by atoms with Crippen LogP contribution in [0.15, 0.2) is 24.3 Å². The van der Waals surface area contributed by atoms with E-state index in [1.165, 1.54) is 0 Å². The Kier molecular flexibility index (Phi) is 3.64. The summed E-state index contributed by atoms with van der Waals surface area (Å²) < 4.78 is 0. The third-order valence-corrected chi connectivity index (χ3v) is 2.11. The minimum absolute atomic E-state index is 0.00405. The number of primary amides is 1. The maximum Gasteiger partial charge on any atom is 0.316 e. The number of carbonyl (C=O) groups is 2. The number of rotatable bonds is 3. The van der Waals surface area contributed by atoms with E-state index in [0.717, 1.165) is 0 Å². The number of benzene rings is 1. The van der Waals surface area contributed by atoms with Crippen molar-refractivity contribution in [1.82, 2.24) is 0 Å². The fraction of sp³-hybridized carbons (Fsp3) is 0.111. The molecule has 1 rings (SSSR count). The monoisotopic (exact) mass is 256 g/mol. The van der Waals surface area contributed by atoms with Gasteiger partial charge in [0.1, 0.15) is 0 Å². The summed E-state index contributed by atoms with van der Waals surface area (Å²) in [6.45, 7) is 0. The second-order valence-corrected chi connectivity index (χ2v) is 3.18. The average Bonchev–Trinajstić information content (AvgIpc) is 2.17. The van der Waals surface area contributed by atoms with E-state index >= 15 is 0 Å². The highest BCUT2D eigenvalue weighted by molar-refractivity contribution is 9.09. The van der Waals surface area contributed by atoms with E-state index in [-0.39, 0.29) is 11.1 Å². The highest BCUT2D eigenvalue weighted by Crippen LogP contribution is 2.10. The van der Waals surface area contributed by atoms with Gasteiger partial charge in [-0.1, -0.05) is 15.9 Å². The molecule has 3 N–H and O–H groups in total. The van der Waals surface area contributed by atoms with Gasteiger partial charge < -0.3 is 11.1 Å². The number of Topliss-reactive ketones (excluding diaryl/α,β-unsaturated/α-hetero) is 1. The number of halogens is 1. The van der Waals surface area contributed by atoms with Crippen LogP contribution in [0, 0.1) is 0 Å². The molecule has 4 nitrogen and oxygen atoms in total. The molecular weight excluding hydrogens is 248 g/mol. The Hall–Kier alpha value is -1.36. The SMILES string of the molecule is NC(=O)Nc1ccc(C(=O)CBr)cc1. The van der Waals surface area contributed by atoms with Crippen molar-refractivity contribution in [3.05, 3.63) is 29.8 Å². The summed E-state index contributed by atoms with van der Waals surface area (Å²) in [5, 5.41) is 2.69. The molecule has 5 heteroatoms. The lowest BCUT2D eigenvalue weighted by Gasteiger charge is -2.02. The maximum atomic E-state index is 11.2. The summed E-state index contributed by atoms with van der Waals surface area (Å²) in [4.78, 5) is 21.7. The Morgan fingerprint density at radius 3 is 2.29 bits per heavy atom. The quantitative estimate of drug-likeness (QED) is 0.639. The molecule has 0 aliphatic carbocycles. The van der Waals surface area contributed by atoms with E-state index in [1.807, 2.05) is 0 Å². The van der Waals surface area contributed by atoms with Gasteiger partial charge >= 0.3 is 6.03 Å². The molecule has 0 aliphatic heterocycles. The van der Waals surface area contributed by atoms with Gasteiger partial charge in [-0.25, -0.2) is 4.79 Å². The number of ketones is 1. The van der Waals surface area contributed by atoms with Crippen LogP contribution < -0.4 is 11.1 Å². The number of alkyl halides is 1. The maximum absolute atomic E-state index is 11.2. The van der Waals surface area contributed by atoms with Gasteiger partial charge in [-0.15, -0.1) is 0 Å². The first-order valence-electron chi connectivity index (χ1n) is 3.89. The Morgan fingerprint density at radius 2 is 1.86 bits per heavy atom. The molecule has 0 radical (unpaired) electrons. The fourth-order valence-corrected chi connectivity index (χ4v) is 1.28. The van der Waals surface area contributed by atoms with Crippen molar-refractivity contribution in [3.8, 4) is 0 Å². The van der Waals surface area contributed by atoms with E-state index < -0.39 is 6.03 Å². The number of anilines is 1. The van der Waals surface area contributed by atoms with Crippen molar-refractivity contribution >= 4 is 33.4 Å². The minimum Gasteiger partial charge on any atom is -0.351 e. The standard InChI is InChI=1S/C9H9BrN2O2/c10-5-8(13)6-1-3-7(4-2-6)12-9(11)14/h1-4H,5H2,(H3,11,12,14). The third-order valence-electron chi connectivity index (χ3n) is 1.60. The van der Waals surface area contributed by atoms with Crippen LogP contribution in [-0.2, 0) is 0 Å². The van der Waals surface area contributed by atoms with Gasteiger partial charge in [-0.3, -0.25) is 4.79 Å². The highest BCUT2D eigenvalue weighted by atomic mass is 79.9. The zero-order valence-electron chi connectivity index (χ0n) is 7.29. The molecule has 2 amide bonds. The number of urea groups is 1. The van der Waals surface area contributed by atoms with E-state index in [0.29, 0.717) is 11.3 Å².